The Labute approximate surface area is 48.3 Å². The predicted octanol–water partition coefficient (Wildman–Crippen LogP) is 1.98. The molecule has 37 valence electrons. The molecule has 3 heteroatoms. The highest BCUT2D eigenvalue weighted by molar-refractivity contribution is 9.10. The van der Waals surface area contributed by atoms with Gasteiger partial charge in [0.2, 0.25) is 4.67 Å². The highest BCUT2D eigenvalue weighted by atomic mass is 79.9. The van der Waals surface area contributed by atoms with Crippen LogP contribution < -0.4 is 0 Å². The second kappa shape index (κ2) is 1.66. The summed E-state index contributed by atoms with van der Waals surface area (Å²) in [4.78, 5) is 0. The summed E-state index contributed by atoms with van der Waals surface area (Å²) in [6, 6.07) is 1.12. The van der Waals surface area contributed by atoms with Crippen molar-refractivity contribution in [2.24, 2.45) is 0 Å². The van der Waals surface area contributed by atoms with Crippen molar-refractivity contribution >= 4 is 15.9 Å². The molecule has 0 aliphatic carbocycles. The van der Waals surface area contributed by atoms with Gasteiger partial charge in [-0.1, -0.05) is 0 Å². The number of hydrogen-bond donors (Lipinski definition) is 0. The molecule has 1 aromatic heterocycles. The maximum Gasteiger partial charge on any atom is 0.205 e. The maximum atomic E-state index is 11.9. The first-order chi connectivity index (χ1) is 3.30. The molecule has 0 aromatic carbocycles. The van der Waals surface area contributed by atoms with Gasteiger partial charge in [-0.05, 0) is 15.9 Å². The fourth-order valence-electron chi connectivity index (χ4n) is 0.238. The average Bonchev–Trinajstić information content (AvgIpc) is 1.91. The minimum absolute atomic E-state index is 0.104. The molecule has 0 saturated heterocycles. The van der Waals surface area contributed by atoms with Crippen LogP contribution in [-0.2, 0) is 0 Å². The Morgan fingerprint density at radius 1 is 1.86 bits per heavy atom. The molecule has 1 heterocycles. The Morgan fingerprint density at radius 3 is 2.71 bits per heavy atom. The third-order valence-electron chi connectivity index (χ3n) is 0.522. The summed E-state index contributed by atoms with van der Waals surface area (Å²) in [5.74, 6) is -0.417. The fraction of sp³-hybridized carbons (Fsp3) is 0. The molecule has 0 aliphatic rings. The minimum atomic E-state index is -0.417. The largest absolute Gasteiger partial charge is 0.443 e. The molecule has 0 aliphatic heterocycles. The normalized spacial score (nSPS) is 9.43. The van der Waals surface area contributed by atoms with Crippen LogP contribution in [0.1, 0.15) is 0 Å². The van der Waals surface area contributed by atoms with Crippen molar-refractivity contribution in [2.45, 2.75) is 0 Å². The molecule has 1 nitrogen and oxygen atoms in total. The fourth-order valence-corrected chi connectivity index (χ4v) is 0.446. The van der Waals surface area contributed by atoms with Crippen LogP contribution in [-0.4, -0.2) is 0 Å². The first-order valence-corrected chi connectivity index (χ1v) is 2.41. The molecular weight excluding hydrogens is 163 g/mol. The van der Waals surface area contributed by atoms with Gasteiger partial charge in [0, 0.05) is 6.07 Å². The van der Waals surface area contributed by atoms with Gasteiger partial charge in [0.05, 0.1) is 0 Å². The smallest absolute Gasteiger partial charge is 0.205 e. The van der Waals surface area contributed by atoms with E-state index in [4.69, 9.17) is 0 Å². The van der Waals surface area contributed by atoms with E-state index in [9.17, 15) is 4.39 Å². The molecule has 0 fully saturated rings. The lowest BCUT2D eigenvalue weighted by Gasteiger charge is -1.72. The number of hydrogen-bond acceptors (Lipinski definition) is 1. The van der Waals surface area contributed by atoms with Gasteiger partial charge in [-0.3, -0.25) is 0 Å². The molecule has 0 bridgehead atoms. The van der Waals surface area contributed by atoms with E-state index >= 15 is 0 Å². The number of furan rings is 1. The third-order valence-corrected chi connectivity index (χ3v) is 1.06. The number of halogens is 2. The standard InChI is InChI=1S/C4HBrFO/c5-4-3(6)1-2-7-4/h1H. The van der Waals surface area contributed by atoms with E-state index in [1.54, 1.807) is 0 Å². The zero-order valence-electron chi connectivity index (χ0n) is 3.24. The van der Waals surface area contributed by atoms with Crippen molar-refractivity contribution in [3.05, 3.63) is 22.8 Å². The zero-order chi connectivity index (χ0) is 5.28. The zero-order valence-corrected chi connectivity index (χ0v) is 4.83. The van der Waals surface area contributed by atoms with Crippen LogP contribution in [0.15, 0.2) is 15.2 Å². The lowest BCUT2D eigenvalue weighted by Crippen LogP contribution is -1.57. The molecule has 1 aromatic rings. The van der Waals surface area contributed by atoms with E-state index in [1.165, 1.54) is 0 Å². The molecule has 0 spiro atoms. The topological polar surface area (TPSA) is 13.1 Å². The van der Waals surface area contributed by atoms with E-state index < -0.39 is 5.82 Å². The van der Waals surface area contributed by atoms with Gasteiger partial charge in [0.1, 0.15) is 0 Å². The second-order valence-corrected chi connectivity index (χ2v) is 1.71. The predicted molar refractivity (Wildman–Crippen MR) is 25.2 cm³/mol. The summed E-state index contributed by atoms with van der Waals surface area (Å²) in [6.07, 6.45) is 2.20. The first-order valence-electron chi connectivity index (χ1n) is 1.61. The molecule has 0 amide bonds. The molecule has 0 unspecified atom stereocenters. The summed E-state index contributed by atoms with van der Waals surface area (Å²) in [6.45, 7) is 0. The van der Waals surface area contributed by atoms with Crippen LogP contribution in [0.4, 0.5) is 4.39 Å². The van der Waals surface area contributed by atoms with Gasteiger partial charge in [-0.25, -0.2) is 4.39 Å². The van der Waals surface area contributed by atoms with E-state index in [0.717, 1.165) is 6.07 Å². The van der Waals surface area contributed by atoms with Crippen LogP contribution in [0.25, 0.3) is 0 Å². The van der Waals surface area contributed by atoms with Gasteiger partial charge in [-0.15, -0.1) is 0 Å². The van der Waals surface area contributed by atoms with Gasteiger partial charge in [0.15, 0.2) is 12.1 Å². The molecule has 1 rings (SSSR count). The van der Waals surface area contributed by atoms with Crippen LogP contribution in [0.3, 0.4) is 0 Å². The van der Waals surface area contributed by atoms with Gasteiger partial charge < -0.3 is 4.42 Å². The van der Waals surface area contributed by atoms with E-state index in [0.29, 0.717) is 0 Å². The molecule has 0 saturated carbocycles. The van der Waals surface area contributed by atoms with Crippen molar-refractivity contribution in [3.8, 4) is 0 Å². The number of rotatable bonds is 0. The molecule has 1 radical (unpaired) electrons. The summed E-state index contributed by atoms with van der Waals surface area (Å²) in [5, 5.41) is 0. The highest BCUT2D eigenvalue weighted by Crippen LogP contribution is 2.13. The monoisotopic (exact) mass is 163 g/mol. The molecular formula is C4HBrFO. The van der Waals surface area contributed by atoms with Gasteiger partial charge in [0.25, 0.3) is 0 Å². The Hall–Kier alpha value is -0.310. The summed E-state index contributed by atoms with van der Waals surface area (Å²) < 4.78 is 16.4. The SMILES string of the molecule is Fc1c[c]oc1Br. The Balaban J connectivity index is 3.12. The van der Waals surface area contributed by atoms with Crippen molar-refractivity contribution < 1.29 is 8.81 Å². The van der Waals surface area contributed by atoms with Crippen molar-refractivity contribution in [1.29, 1.82) is 0 Å². The Morgan fingerprint density at radius 2 is 2.57 bits per heavy atom. The Kier molecular flexibility index (Phi) is 1.15. The lowest BCUT2D eigenvalue weighted by atomic mass is 10.6. The van der Waals surface area contributed by atoms with Gasteiger partial charge in [-0.2, -0.15) is 0 Å². The Bertz CT molecular complexity index is 144. The summed E-state index contributed by atoms with van der Waals surface area (Å²) >= 11 is 2.79. The van der Waals surface area contributed by atoms with E-state index in [-0.39, 0.29) is 4.67 Å². The van der Waals surface area contributed by atoms with E-state index in [1.807, 2.05) is 0 Å². The van der Waals surface area contributed by atoms with Crippen LogP contribution in [0.5, 0.6) is 0 Å². The van der Waals surface area contributed by atoms with Crippen LogP contribution >= 0.6 is 15.9 Å². The molecule has 0 atom stereocenters. The van der Waals surface area contributed by atoms with Crippen LogP contribution in [0, 0.1) is 12.1 Å². The van der Waals surface area contributed by atoms with E-state index in [2.05, 4.69) is 26.6 Å². The first kappa shape index (κ1) is 4.84. The van der Waals surface area contributed by atoms with Crippen LogP contribution in [0.2, 0.25) is 0 Å². The van der Waals surface area contributed by atoms with Crippen molar-refractivity contribution in [2.75, 3.05) is 0 Å². The lowest BCUT2D eigenvalue weighted by molar-refractivity contribution is 0.498. The van der Waals surface area contributed by atoms with Gasteiger partial charge >= 0.3 is 0 Å². The van der Waals surface area contributed by atoms with Crippen molar-refractivity contribution in [3.63, 3.8) is 0 Å². The minimum Gasteiger partial charge on any atom is -0.443 e. The molecule has 7 heavy (non-hydrogen) atoms. The highest BCUT2D eigenvalue weighted by Gasteiger charge is 1.97. The van der Waals surface area contributed by atoms with Crippen molar-refractivity contribution in [1.82, 2.24) is 0 Å². The second-order valence-electron chi connectivity index (χ2n) is 0.986. The summed E-state index contributed by atoms with van der Waals surface area (Å²) in [5.41, 5.74) is 0. The average molecular weight is 164 g/mol. The maximum absolute atomic E-state index is 11.9. The molecule has 0 N–H and O–H groups in total. The quantitative estimate of drug-likeness (QED) is 0.571. The third kappa shape index (κ3) is 0.825. The summed E-state index contributed by atoms with van der Waals surface area (Å²) in [7, 11) is 0.